The van der Waals surface area contributed by atoms with E-state index in [1.165, 1.54) is 0 Å². The zero-order chi connectivity index (χ0) is 11.7. The van der Waals surface area contributed by atoms with Gasteiger partial charge in [-0.15, -0.1) is 0 Å². The van der Waals surface area contributed by atoms with Crippen LogP contribution in [0.1, 0.15) is 5.56 Å². The molecule has 0 saturated carbocycles. The van der Waals surface area contributed by atoms with Gasteiger partial charge < -0.3 is 19.9 Å². The highest BCUT2D eigenvalue weighted by Gasteiger charge is 2.30. The van der Waals surface area contributed by atoms with E-state index in [9.17, 15) is 4.79 Å². The summed E-state index contributed by atoms with van der Waals surface area (Å²) in [5, 5.41) is 11.9. The van der Waals surface area contributed by atoms with E-state index in [0.717, 1.165) is 11.3 Å². The maximum absolute atomic E-state index is 10.9. The lowest BCUT2D eigenvalue weighted by molar-refractivity contribution is -0.137. The number of anilines is 1. The standard InChI is InChI=1S/C11H13NO4/c1-15-9-4-3-7-6(10(9)16-2)5-8(12-7)11(13)14/h3-4,8,12H,5H2,1-2H3,(H,13,14). The normalized spacial score (nSPS) is 17.5. The molecule has 5 nitrogen and oxygen atoms in total. The summed E-state index contributed by atoms with van der Waals surface area (Å²) in [5.41, 5.74) is 1.65. The maximum atomic E-state index is 10.9. The van der Waals surface area contributed by atoms with Gasteiger partial charge in [0.25, 0.3) is 0 Å². The van der Waals surface area contributed by atoms with Gasteiger partial charge in [-0.05, 0) is 12.1 Å². The first-order chi connectivity index (χ1) is 7.67. The van der Waals surface area contributed by atoms with Gasteiger partial charge in [0.05, 0.1) is 14.2 Å². The third-order valence-corrected chi connectivity index (χ3v) is 2.68. The van der Waals surface area contributed by atoms with Crippen molar-refractivity contribution in [1.82, 2.24) is 0 Å². The van der Waals surface area contributed by atoms with Crippen molar-refractivity contribution in [1.29, 1.82) is 0 Å². The van der Waals surface area contributed by atoms with Crippen LogP contribution in [0.3, 0.4) is 0 Å². The van der Waals surface area contributed by atoms with Gasteiger partial charge >= 0.3 is 5.97 Å². The summed E-state index contributed by atoms with van der Waals surface area (Å²) < 4.78 is 10.4. The van der Waals surface area contributed by atoms with Crippen LogP contribution in [0.5, 0.6) is 11.5 Å². The van der Waals surface area contributed by atoms with E-state index in [1.54, 1.807) is 26.4 Å². The SMILES string of the molecule is COc1ccc2c(c1OC)CC(C(=O)O)N2. The first-order valence-electron chi connectivity index (χ1n) is 4.90. The lowest BCUT2D eigenvalue weighted by Crippen LogP contribution is -2.26. The van der Waals surface area contributed by atoms with E-state index in [2.05, 4.69) is 5.32 Å². The summed E-state index contributed by atoms with van der Waals surface area (Å²) in [5.74, 6) is 0.363. The highest BCUT2D eigenvalue weighted by molar-refractivity contribution is 5.82. The summed E-state index contributed by atoms with van der Waals surface area (Å²) in [6.45, 7) is 0. The summed E-state index contributed by atoms with van der Waals surface area (Å²) >= 11 is 0. The third kappa shape index (κ3) is 1.54. The highest BCUT2D eigenvalue weighted by Crippen LogP contribution is 2.40. The number of ether oxygens (including phenoxy) is 2. The van der Waals surface area contributed by atoms with Crippen LogP contribution < -0.4 is 14.8 Å². The van der Waals surface area contributed by atoms with Crippen LogP contribution in [-0.2, 0) is 11.2 Å². The van der Waals surface area contributed by atoms with Gasteiger partial charge in [0.15, 0.2) is 11.5 Å². The molecule has 1 aromatic carbocycles. The Morgan fingerprint density at radius 3 is 2.75 bits per heavy atom. The van der Waals surface area contributed by atoms with Gasteiger partial charge in [-0.1, -0.05) is 0 Å². The molecule has 0 amide bonds. The Balaban J connectivity index is 2.41. The number of nitrogens with one attached hydrogen (secondary N) is 1. The van der Waals surface area contributed by atoms with Gasteiger partial charge in [0.2, 0.25) is 0 Å². The van der Waals surface area contributed by atoms with Gasteiger partial charge in [-0.3, -0.25) is 0 Å². The van der Waals surface area contributed by atoms with Crippen LogP contribution in [0.4, 0.5) is 5.69 Å². The molecule has 0 aromatic heterocycles. The van der Waals surface area contributed by atoms with Crippen molar-refractivity contribution in [3.05, 3.63) is 17.7 Å². The molecule has 1 atom stereocenters. The number of benzene rings is 1. The second-order valence-corrected chi connectivity index (χ2v) is 3.57. The van der Waals surface area contributed by atoms with E-state index < -0.39 is 12.0 Å². The van der Waals surface area contributed by atoms with Crippen LogP contribution >= 0.6 is 0 Å². The average molecular weight is 223 g/mol. The Hall–Kier alpha value is -1.91. The van der Waals surface area contributed by atoms with E-state index in [-0.39, 0.29) is 0 Å². The molecule has 0 spiro atoms. The molecular weight excluding hydrogens is 210 g/mol. The number of methoxy groups -OCH3 is 2. The van der Waals surface area contributed by atoms with Crippen LogP contribution in [-0.4, -0.2) is 31.3 Å². The molecule has 0 aliphatic carbocycles. The maximum Gasteiger partial charge on any atom is 0.326 e. The van der Waals surface area contributed by atoms with E-state index in [0.29, 0.717) is 17.9 Å². The molecule has 0 radical (unpaired) electrons. The zero-order valence-corrected chi connectivity index (χ0v) is 9.11. The lowest BCUT2D eigenvalue weighted by atomic mass is 10.1. The van der Waals surface area contributed by atoms with Crippen molar-refractivity contribution in [3.63, 3.8) is 0 Å². The molecule has 1 unspecified atom stereocenters. The van der Waals surface area contributed by atoms with Gasteiger partial charge in [0.1, 0.15) is 6.04 Å². The molecule has 5 heteroatoms. The van der Waals surface area contributed by atoms with E-state index >= 15 is 0 Å². The number of rotatable bonds is 3. The van der Waals surface area contributed by atoms with Crippen molar-refractivity contribution >= 4 is 11.7 Å². The summed E-state index contributed by atoms with van der Waals surface area (Å²) in [6, 6.07) is 2.98. The first-order valence-corrected chi connectivity index (χ1v) is 4.90. The molecule has 2 N–H and O–H groups in total. The second-order valence-electron chi connectivity index (χ2n) is 3.57. The Bertz CT molecular complexity index is 430. The predicted octanol–water partition coefficient (Wildman–Crippen LogP) is 1.12. The zero-order valence-electron chi connectivity index (χ0n) is 9.11. The van der Waals surface area contributed by atoms with Crippen molar-refractivity contribution in [2.45, 2.75) is 12.5 Å². The smallest absolute Gasteiger partial charge is 0.326 e. The topological polar surface area (TPSA) is 67.8 Å². The number of carbonyl (C=O) groups is 1. The van der Waals surface area contributed by atoms with Crippen molar-refractivity contribution in [3.8, 4) is 11.5 Å². The predicted molar refractivity (Wildman–Crippen MR) is 58.3 cm³/mol. The Labute approximate surface area is 93.0 Å². The molecule has 0 bridgehead atoms. The second kappa shape index (κ2) is 3.92. The molecule has 1 heterocycles. The Morgan fingerprint density at radius 1 is 1.44 bits per heavy atom. The monoisotopic (exact) mass is 223 g/mol. The minimum absolute atomic E-state index is 0.408. The van der Waals surface area contributed by atoms with Crippen molar-refractivity contribution in [2.75, 3.05) is 19.5 Å². The van der Waals surface area contributed by atoms with Gasteiger partial charge in [0, 0.05) is 17.7 Å². The van der Waals surface area contributed by atoms with Crippen LogP contribution in [0.25, 0.3) is 0 Å². The minimum atomic E-state index is -0.864. The number of carboxylic acid groups (broad SMARTS) is 1. The number of carboxylic acids is 1. The first kappa shape index (κ1) is 10.6. The highest BCUT2D eigenvalue weighted by atomic mass is 16.5. The number of fused-ring (bicyclic) bond motifs is 1. The van der Waals surface area contributed by atoms with Gasteiger partial charge in [-0.25, -0.2) is 4.79 Å². The minimum Gasteiger partial charge on any atom is -0.493 e. The summed E-state index contributed by atoms with van der Waals surface area (Å²) in [7, 11) is 3.10. The lowest BCUT2D eigenvalue weighted by Gasteiger charge is -2.10. The fourth-order valence-corrected chi connectivity index (χ4v) is 1.92. The van der Waals surface area contributed by atoms with Crippen molar-refractivity contribution in [2.24, 2.45) is 0 Å². The molecule has 0 fully saturated rings. The molecule has 16 heavy (non-hydrogen) atoms. The molecular formula is C11H13NO4. The summed E-state index contributed by atoms with van der Waals surface area (Å²) in [6.07, 6.45) is 0.408. The number of aliphatic carboxylic acids is 1. The molecule has 2 rings (SSSR count). The van der Waals surface area contributed by atoms with E-state index in [4.69, 9.17) is 14.6 Å². The van der Waals surface area contributed by atoms with Crippen molar-refractivity contribution < 1.29 is 19.4 Å². The number of hydrogen-bond donors (Lipinski definition) is 2. The third-order valence-electron chi connectivity index (χ3n) is 2.68. The molecule has 1 aromatic rings. The van der Waals surface area contributed by atoms with E-state index in [1.807, 2.05) is 0 Å². The fraction of sp³-hybridized carbons (Fsp3) is 0.364. The number of hydrogen-bond acceptors (Lipinski definition) is 4. The summed E-state index contributed by atoms with van der Waals surface area (Å²) in [4.78, 5) is 10.9. The average Bonchev–Trinajstić information content (AvgIpc) is 2.71. The van der Waals surface area contributed by atoms with Crippen LogP contribution in [0.2, 0.25) is 0 Å². The fourth-order valence-electron chi connectivity index (χ4n) is 1.92. The molecule has 86 valence electrons. The quantitative estimate of drug-likeness (QED) is 0.803. The largest absolute Gasteiger partial charge is 0.493 e. The van der Waals surface area contributed by atoms with Crippen LogP contribution in [0, 0.1) is 0 Å². The molecule has 0 saturated heterocycles. The van der Waals surface area contributed by atoms with Gasteiger partial charge in [-0.2, -0.15) is 0 Å². The molecule has 1 aliphatic rings. The van der Waals surface area contributed by atoms with Crippen LogP contribution in [0.15, 0.2) is 12.1 Å². The molecule has 1 aliphatic heterocycles. The Morgan fingerprint density at radius 2 is 2.19 bits per heavy atom. The Kier molecular flexibility index (Phi) is 2.60.